The lowest BCUT2D eigenvalue weighted by Crippen LogP contribution is -2.01. The van der Waals surface area contributed by atoms with Crippen LogP contribution in [0.3, 0.4) is 0 Å². The zero-order chi connectivity index (χ0) is 10.3. The number of benzene rings is 2. The molecule has 0 fully saturated rings. The van der Waals surface area contributed by atoms with Crippen LogP contribution in [0.4, 0.5) is 0 Å². The summed E-state index contributed by atoms with van der Waals surface area (Å²) < 4.78 is 10.8. The quantitative estimate of drug-likeness (QED) is 0.640. The van der Waals surface area contributed by atoms with E-state index in [1.807, 2.05) is 24.3 Å². The van der Waals surface area contributed by atoms with Crippen molar-refractivity contribution in [3.8, 4) is 5.75 Å². The van der Waals surface area contributed by atoms with E-state index in [9.17, 15) is 0 Å². The molecule has 2 nitrogen and oxygen atoms in total. The van der Waals surface area contributed by atoms with E-state index in [0.29, 0.717) is 6.61 Å². The fourth-order valence-corrected chi connectivity index (χ4v) is 2.73. The summed E-state index contributed by atoms with van der Waals surface area (Å²) in [4.78, 5) is 0. The molecule has 0 spiro atoms. The van der Waals surface area contributed by atoms with Crippen molar-refractivity contribution in [2.24, 2.45) is 0 Å². The summed E-state index contributed by atoms with van der Waals surface area (Å²) in [5.74, 6) is 0.875. The molecule has 2 aromatic carbocycles. The molecule has 1 aliphatic heterocycles. The Hall–Kier alpha value is -0.820. The average Bonchev–Trinajstić information content (AvgIpc) is 2.29. The van der Waals surface area contributed by atoms with Crippen LogP contribution in [0.2, 0.25) is 0 Å². The van der Waals surface area contributed by atoms with Crippen molar-refractivity contribution in [2.45, 2.75) is 6.61 Å². The highest BCUT2D eigenvalue weighted by molar-refractivity contribution is 7.76. The Morgan fingerprint density at radius 1 is 1.13 bits per heavy atom. The third-order valence-electron chi connectivity index (χ3n) is 2.45. The number of hydrogen-bond donors (Lipinski definition) is 0. The molecule has 15 heavy (non-hydrogen) atoms. The second kappa shape index (κ2) is 3.64. The van der Waals surface area contributed by atoms with Crippen LogP contribution in [0.15, 0.2) is 36.4 Å². The Kier molecular flexibility index (Phi) is 2.28. The number of rotatable bonds is 0. The van der Waals surface area contributed by atoms with Crippen molar-refractivity contribution in [1.29, 1.82) is 0 Å². The molecule has 1 unspecified atom stereocenters. The van der Waals surface area contributed by atoms with Gasteiger partial charge < -0.3 is 9.05 Å². The molecule has 0 saturated heterocycles. The van der Waals surface area contributed by atoms with E-state index in [1.54, 1.807) is 0 Å². The lowest BCUT2D eigenvalue weighted by Gasteiger charge is -2.21. The zero-order valence-electron chi connectivity index (χ0n) is 7.81. The van der Waals surface area contributed by atoms with Crippen molar-refractivity contribution >= 4 is 29.7 Å². The molecule has 2 aromatic rings. The molecule has 3 rings (SSSR count). The maximum absolute atomic E-state index is 5.87. The molecule has 4 heteroatoms. The van der Waals surface area contributed by atoms with Gasteiger partial charge in [0.2, 0.25) is 0 Å². The molecule has 0 aromatic heterocycles. The summed E-state index contributed by atoms with van der Waals surface area (Å²) in [5, 5.41) is 2.27. The van der Waals surface area contributed by atoms with Crippen LogP contribution in [0.25, 0.3) is 10.8 Å². The lowest BCUT2D eigenvalue weighted by molar-refractivity contribution is 0.289. The molecule has 1 heterocycles. The van der Waals surface area contributed by atoms with Gasteiger partial charge in [0.1, 0.15) is 5.75 Å². The largest absolute Gasteiger partial charge is 0.435 e. The molecule has 0 amide bonds. The molecule has 0 N–H and O–H groups in total. The Labute approximate surface area is 93.5 Å². The van der Waals surface area contributed by atoms with E-state index < -0.39 is 7.73 Å². The van der Waals surface area contributed by atoms with Gasteiger partial charge in [-0.2, -0.15) is 0 Å². The minimum Gasteiger partial charge on any atom is -0.435 e. The number of halogens is 1. The van der Waals surface area contributed by atoms with Crippen molar-refractivity contribution in [1.82, 2.24) is 0 Å². The van der Waals surface area contributed by atoms with E-state index in [0.717, 1.165) is 16.7 Å². The Bertz CT molecular complexity index is 515. The summed E-state index contributed by atoms with van der Waals surface area (Å²) in [6.45, 7) is 0.537. The summed E-state index contributed by atoms with van der Waals surface area (Å²) in [6.07, 6.45) is 0. The summed E-state index contributed by atoms with van der Waals surface area (Å²) in [6, 6.07) is 12.2. The van der Waals surface area contributed by atoms with E-state index >= 15 is 0 Å². The third kappa shape index (κ3) is 1.59. The Morgan fingerprint density at radius 2 is 2.00 bits per heavy atom. The standard InChI is InChI=1S/C11H8ClO2P/c12-15-13-7-9-6-5-8-3-1-2-4-10(8)11(9)14-15/h1-6H,7H2. The van der Waals surface area contributed by atoms with Gasteiger partial charge in [0.25, 0.3) is 0 Å². The minimum atomic E-state index is -1.28. The Balaban J connectivity index is 2.28. The average molecular weight is 239 g/mol. The van der Waals surface area contributed by atoms with Gasteiger partial charge in [-0.3, -0.25) is 0 Å². The normalized spacial score (nSPS) is 19.7. The van der Waals surface area contributed by atoms with Crippen LogP contribution in [-0.2, 0) is 11.1 Å². The van der Waals surface area contributed by atoms with Crippen molar-refractivity contribution in [2.75, 3.05) is 0 Å². The highest BCUT2D eigenvalue weighted by Crippen LogP contribution is 2.51. The van der Waals surface area contributed by atoms with Crippen molar-refractivity contribution in [3.63, 3.8) is 0 Å². The van der Waals surface area contributed by atoms with Gasteiger partial charge in [0.05, 0.1) is 6.61 Å². The van der Waals surface area contributed by atoms with E-state index in [-0.39, 0.29) is 0 Å². The third-order valence-corrected chi connectivity index (χ3v) is 3.60. The SMILES string of the molecule is ClP1OCc2ccc3ccccc3c2O1. The zero-order valence-corrected chi connectivity index (χ0v) is 9.46. The molecule has 1 atom stereocenters. The van der Waals surface area contributed by atoms with Gasteiger partial charge >= 0.3 is 7.73 Å². The number of hydrogen-bond acceptors (Lipinski definition) is 2. The van der Waals surface area contributed by atoms with Gasteiger partial charge in [-0.25, -0.2) is 0 Å². The predicted molar refractivity (Wildman–Crippen MR) is 62.1 cm³/mol. The topological polar surface area (TPSA) is 18.5 Å². The fourth-order valence-electron chi connectivity index (χ4n) is 1.73. The second-order valence-corrected chi connectivity index (χ2v) is 5.05. The van der Waals surface area contributed by atoms with Gasteiger partial charge in [-0.05, 0) is 16.6 Å². The Morgan fingerprint density at radius 3 is 2.93 bits per heavy atom. The van der Waals surface area contributed by atoms with Gasteiger partial charge in [0.15, 0.2) is 0 Å². The molecular weight excluding hydrogens is 231 g/mol. The highest BCUT2D eigenvalue weighted by atomic mass is 35.7. The first kappa shape index (κ1) is 9.41. The van der Waals surface area contributed by atoms with E-state index in [2.05, 4.69) is 12.1 Å². The summed E-state index contributed by atoms with van der Waals surface area (Å²) >= 11 is 5.87. The first-order chi connectivity index (χ1) is 7.34. The summed E-state index contributed by atoms with van der Waals surface area (Å²) in [7, 11) is -1.28. The second-order valence-electron chi connectivity index (χ2n) is 3.35. The molecule has 0 radical (unpaired) electrons. The predicted octanol–water partition coefficient (Wildman–Crippen LogP) is 4.21. The number of fused-ring (bicyclic) bond motifs is 3. The fraction of sp³-hybridized carbons (Fsp3) is 0.0909. The van der Waals surface area contributed by atoms with Crippen LogP contribution in [0.5, 0.6) is 5.75 Å². The molecule has 0 saturated carbocycles. The van der Waals surface area contributed by atoms with Gasteiger partial charge in [-0.1, -0.05) is 36.4 Å². The summed E-state index contributed by atoms with van der Waals surface area (Å²) in [5.41, 5.74) is 1.06. The van der Waals surface area contributed by atoms with Gasteiger partial charge in [0, 0.05) is 10.9 Å². The lowest BCUT2D eigenvalue weighted by atomic mass is 10.1. The van der Waals surface area contributed by atoms with Gasteiger partial charge in [-0.15, -0.1) is 0 Å². The molecule has 0 bridgehead atoms. The molecule has 0 aliphatic carbocycles. The van der Waals surface area contributed by atoms with Crippen LogP contribution < -0.4 is 4.52 Å². The maximum Gasteiger partial charge on any atom is 0.338 e. The monoisotopic (exact) mass is 238 g/mol. The first-order valence-corrected chi connectivity index (χ1v) is 6.70. The van der Waals surface area contributed by atoms with Crippen LogP contribution in [0, 0.1) is 0 Å². The molecular formula is C11H8ClO2P. The highest BCUT2D eigenvalue weighted by Gasteiger charge is 2.21. The maximum atomic E-state index is 5.87. The van der Waals surface area contributed by atoms with Crippen molar-refractivity contribution < 1.29 is 9.05 Å². The molecule has 1 aliphatic rings. The first-order valence-electron chi connectivity index (χ1n) is 4.62. The van der Waals surface area contributed by atoms with Crippen LogP contribution in [-0.4, -0.2) is 0 Å². The van der Waals surface area contributed by atoms with Crippen LogP contribution >= 0.6 is 19.0 Å². The van der Waals surface area contributed by atoms with E-state index in [1.165, 1.54) is 5.39 Å². The van der Waals surface area contributed by atoms with E-state index in [4.69, 9.17) is 20.3 Å². The van der Waals surface area contributed by atoms with Crippen LogP contribution in [0.1, 0.15) is 5.56 Å². The van der Waals surface area contributed by atoms with Crippen molar-refractivity contribution in [3.05, 3.63) is 42.0 Å². The smallest absolute Gasteiger partial charge is 0.338 e. The minimum absolute atomic E-state index is 0.537. The molecule has 76 valence electrons.